The van der Waals surface area contributed by atoms with Gasteiger partial charge in [0.05, 0.1) is 5.75 Å². The molecule has 1 heterocycles. The van der Waals surface area contributed by atoms with E-state index in [2.05, 4.69) is 5.32 Å². The van der Waals surface area contributed by atoms with Crippen LogP contribution < -0.4 is 5.32 Å². The molecule has 0 unspecified atom stereocenters. The molecule has 0 radical (unpaired) electrons. The topological polar surface area (TPSA) is 46.2 Å². The molecule has 1 rings (SSSR count). The summed E-state index contributed by atoms with van der Waals surface area (Å²) in [6, 6.07) is 0. The molecule has 0 bridgehead atoms. The molecule has 1 aliphatic heterocycles. The van der Waals surface area contributed by atoms with Crippen molar-refractivity contribution in [1.82, 2.24) is 5.32 Å². The van der Waals surface area contributed by atoms with E-state index in [1.807, 2.05) is 0 Å². The summed E-state index contributed by atoms with van der Waals surface area (Å²) >= 11 is 0. The van der Waals surface area contributed by atoms with Crippen molar-refractivity contribution in [3.8, 4) is 0 Å². The van der Waals surface area contributed by atoms with E-state index < -0.39 is 10.2 Å². The highest BCUT2D eigenvalue weighted by atomic mass is 35.5. The first-order valence-electron chi connectivity index (χ1n) is 4.21. The molecule has 0 aromatic rings. The average Bonchev–Trinajstić information content (AvgIpc) is 2.02. The molecule has 3 nitrogen and oxygen atoms in total. The largest absolute Gasteiger partial charge is 0.317 e. The van der Waals surface area contributed by atoms with Crippen LogP contribution in [0.25, 0.3) is 0 Å². The summed E-state index contributed by atoms with van der Waals surface area (Å²) < 4.78 is 32.5. The Balaban J connectivity index is 0.00000144. The molecular formula is C7H15ClFNO2S. The molecule has 0 aromatic heterocycles. The lowest BCUT2D eigenvalue weighted by molar-refractivity contribution is 0.364. The average molecular weight is 232 g/mol. The Morgan fingerprint density at radius 2 is 1.85 bits per heavy atom. The summed E-state index contributed by atoms with van der Waals surface area (Å²) in [6.45, 7) is 1.86. The molecule has 80 valence electrons. The normalized spacial score (nSPS) is 19.5. The number of hydrogen-bond acceptors (Lipinski definition) is 3. The number of hydrogen-bond donors (Lipinski definition) is 1. The standard InChI is InChI=1S/C7H14FNO2S.ClH/c8-12(10,11)6-3-7-1-4-9-5-2-7;/h7,9H,1-6H2;1H. The van der Waals surface area contributed by atoms with Crippen LogP contribution in [0.15, 0.2) is 0 Å². The van der Waals surface area contributed by atoms with E-state index in [9.17, 15) is 12.3 Å². The van der Waals surface area contributed by atoms with Gasteiger partial charge in [0.2, 0.25) is 0 Å². The lowest BCUT2D eigenvalue weighted by Gasteiger charge is -2.21. The third-order valence-corrected chi connectivity index (χ3v) is 2.95. The molecule has 0 saturated carbocycles. The maximum Gasteiger partial charge on any atom is 0.302 e. The maximum atomic E-state index is 12.1. The Morgan fingerprint density at radius 3 is 2.31 bits per heavy atom. The van der Waals surface area contributed by atoms with Crippen LogP contribution in [0.5, 0.6) is 0 Å². The second-order valence-corrected chi connectivity index (χ2v) is 4.71. The van der Waals surface area contributed by atoms with Crippen LogP contribution in [0.4, 0.5) is 3.89 Å². The van der Waals surface area contributed by atoms with E-state index >= 15 is 0 Å². The lowest BCUT2D eigenvalue weighted by atomic mass is 9.96. The van der Waals surface area contributed by atoms with Gasteiger partial charge in [0.15, 0.2) is 0 Å². The molecule has 0 spiro atoms. The zero-order chi connectivity index (χ0) is 9.03. The van der Waals surface area contributed by atoms with Crippen LogP contribution in [0.3, 0.4) is 0 Å². The van der Waals surface area contributed by atoms with Crippen LogP contribution in [0.2, 0.25) is 0 Å². The molecule has 0 aliphatic carbocycles. The zero-order valence-corrected chi connectivity index (χ0v) is 8.96. The lowest BCUT2D eigenvalue weighted by Crippen LogP contribution is -2.28. The molecule has 0 amide bonds. The Bertz CT molecular complexity index is 227. The summed E-state index contributed by atoms with van der Waals surface area (Å²) in [4.78, 5) is 0. The highest BCUT2D eigenvalue weighted by Crippen LogP contribution is 2.16. The fourth-order valence-electron chi connectivity index (χ4n) is 1.48. The molecule has 0 aromatic carbocycles. The van der Waals surface area contributed by atoms with Gasteiger partial charge >= 0.3 is 10.2 Å². The zero-order valence-electron chi connectivity index (χ0n) is 7.33. The fraction of sp³-hybridized carbons (Fsp3) is 1.00. The van der Waals surface area contributed by atoms with Gasteiger partial charge < -0.3 is 5.32 Å². The minimum atomic E-state index is -4.24. The van der Waals surface area contributed by atoms with E-state index in [1.165, 1.54) is 0 Å². The smallest absolute Gasteiger partial charge is 0.302 e. The minimum Gasteiger partial charge on any atom is -0.317 e. The molecule has 1 saturated heterocycles. The van der Waals surface area contributed by atoms with Crippen LogP contribution in [0, 0.1) is 5.92 Å². The first-order valence-corrected chi connectivity index (χ1v) is 5.76. The van der Waals surface area contributed by atoms with Gasteiger partial charge in [0.25, 0.3) is 0 Å². The first kappa shape index (κ1) is 13.1. The third-order valence-electron chi connectivity index (χ3n) is 2.23. The molecule has 1 aliphatic rings. The summed E-state index contributed by atoms with van der Waals surface area (Å²) in [7, 11) is -4.24. The van der Waals surface area contributed by atoms with Gasteiger partial charge in [0, 0.05) is 0 Å². The van der Waals surface area contributed by atoms with Crippen molar-refractivity contribution in [3.63, 3.8) is 0 Å². The van der Waals surface area contributed by atoms with Crippen molar-refractivity contribution in [2.45, 2.75) is 19.3 Å². The maximum absolute atomic E-state index is 12.1. The van der Waals surface area contributed by atoms with Gasteiger partial charge in [-0.25, -0.2) is 0 Å². The van der Waals surface area contributed by atoms with Crippen LogP contribution in [0.1, 0.15) is 19.3 Å². The predicted molar refractivity (Wildman–Crippen MR) is 52.4 cm³/mol. The van der Waals surface area contributed by atoms with E-state index in [-0.39, 0.29) is 18.2 Å². The van der Waals surface area contributed by atoms with Gasteiger partial charge in [-0.2, -0.15) is 8.42 Å². The van der Waals surface area contributed by atoms with Crippen molar-refractivity contribution in [1.29, 1.82) is 0 Å². The van der Waals surface area contributed by atoms with E-state index in [1.54, 1.807) is 0 Å². The molecular weight excluding hydrogens is 217 g/mol. The van der Waals surface area contributed by atoms with Crippen LogP contribution in [-0.4, -0.2) is 27.3 Å². The van der Waals surface area contributed by atoms with Gasteiger partial charge in [0.1, 0.15) is 0 Å². The van der Waals surface area contributed by atoms with Crippen molar-refractivity contribution in [2.75, 3.05) is 18.8 Å². The molecule has 1 N–H and O–H groups in total. The second-order valence-electron chi connectivity index (χ2n) is 3.23. The Labute approximate surface area is 84.7 Å². The SMILES string of the molecule is Cl.O=S(=O)(F)CCC1CCNCC1. The third kappa shape index (κ3) is 6.23. The summed E-state index contributed by atoms with van der Waals surface area (Å²) in [6.07, 6.45) is 2.41. The molecule has 1 fully saturated rings. The van der Waals surface area contributed by atoms with Gasteiger partial charge in [-0.3, -0.25) is 0 Å². The van der Waals surface area contributed by atoms with Crippen molar-refractivity contribution in [2.24, 2.45) is 5.92 Å². The van der Waals surface area contributed by atoms with Crippen LogP contribution in [-0.2, 0) is 10.2 Å². The van der Waals surface area contributed by atoms with E-state index in [0.717, 1.165) is 25.9 Å². The van der Waals surface area contributed by atoms with E-state index in [0.29, 0.717) is 12.3 Å². The van der Waals surface area contributed by atoms with Gasteiger partial charge in [-0.1, -0.05) is 0 Å². The second kappa shape index (κ2) is 5.78. The van der Waals surface area contributed by atoms with Crippen molar-refractivity contribution < 1.29 is 12.3 Å². The number of halogens is 2. The quantitative estimate of drug-likeness (QED) is 0.740. The van der Waals surface area contributed by atoms with Gasteiger partial charge in [-0.05, 0) is 38.3 Å². The van der Waals surface area contributed by atoms with Gasteiger partial charge in [-0.15, -0.1) is 16.3 Å². The molecule has 13 heavy (non-hydrogen) atoms. The number of piperidine rings is 1. The van der Waals surface area contributed by atoms with Crippen molar-refractivity contribution >= 4 is 22.6 Å². The molecule has 6 heteroatoms. The summed E-state index contributed by atoms with van der Waals surface area (Å²) in [5, 5.41) is 3.17. The summed E-state index contributed by atoms with van der Waals surface area (Å²) in [5.41, 5.74) is 0. The predicted octanol–water partition coefficient (Wildman–Crippen LogP) is 1.10. The van der Waals surface area contributed by atoms with Crippen molar-refractivity contribution in [3.05, 3.63) is 0 Å². The van der Waals surface area contributed by atoms with E-state index in [4.69, 9.17) is 0 Å². The number of rotatable bonds is 3. The Morgan fingerprint density at radius 1 is 1.31 bits per heavy atom. The highest BCUT2D eigenvalue weighted by Gasteiger charge is 2.16. The number of nitrogens with one attached hydrogen (secondary N) is 1. The first-order chi connectivity index (χ1) is 5.58. The highest BCUT2D eigenvalue weighted by molar-refractivity contribution is 7.86. The Hall–Kier alpha value is 0.130. The Kier molecular flexibility index (Phi) is 5.83. The minimum absolute atomic E-state index is 0. The fourth-order valence-corrected chi connectivity index (χ4v) is 2.09. The summed E-state index contributed by atoms with van der Waals surface area (Å²) in [5.74, 6) is 0.0780. The monoisotopic (exact) mass is 231 g/mol. The molecule has 0 atom stereocenters. The van der Waals surface area contributed by atoms with Crippen LogP contribution >= 0.6 is 12.4 Å².